The van der Waals surface area contributed by atoms with Crippen LogP contribution in [0.25, 0.3) is 16.5 Å². The normalized spacial score (nSPS) is 16.5. The number of benzene rings is 4. The Balaban J connectivity index is 1.27. The molecule has 7 rings (SSSR count). The van der Waals surface area contributed by atoms with Crippen molar-refractivity contribution < 1.29 is 33.6 Å². The van der Waals surface area contributed by atoms with Crippen molar-refractivity contribution in [1.82, 2.24) is 10.2 Å². The van der Waals surface area contributed by atoms with E-state index >= 15 is 0 Å². The number of carbonyl (C=O) groups is 2. The fourth-order valence-electron chi connectivity index (χ4n) is 6.22. The summed E-state index contributed by atoms with van der Waals surface area (Å²) in [4.78, 5) is 29.2. The first-order chi connectivity index (χ1) is 25.0. The van der Waals surface area contributed by atoms with Crippen LogP contribution in [0.5, 0.6) is 23.0 Å². The Hall–Kier alpha value is -5.07. The van der Waals surface area contributed by atoms with E-state index < -0.39 is 17.7 Å². The molecule has 1 aromatic heterocycles. The summed E-state index contributed by atoms with van der Waals surface area (Å²) in [6, 6.07) is 23.6. The highest BCUT2D eigenvalue weighted by Crippen LogP contribution is 2.46. The molecule has 10 nitrogen and oxygen atoms in total. The maximum atomic E-state index is 13.9. The van der Waals surface area contributed by atoms with Crippen molar-refractivity contribution in [2.75, 3.05) is 31.3 Å². The van der Waals surface area contributed by atoms with E-state index in [4.69, 9.17) is 18.9 Å². The van der Waals surface area contributed by atoms with Crippen LogP contribution in [-0.4, -0.2) is 53.4 Å². The number of unbranched alkanes of at least 4 members (excludes halogenated alkanes) is 2. The van der Waals surface area contributed by atoms with Gasteiger partial charge in [0.25, 0.3) is 5.78 Å². The number of hydrogen-bond donors (Lipinski definition) is 1. The lowest BCUT2D eigenvalue weighted by Gasteiger charge is -2.24. The molecule has 3 heterocycles. The number of nitrogens with zero attached hydrogens (tertiary/aromatic N) is 3. The zero-order chi connectivity index (χ0) is 35.3. The highest BCUT2D eigenvalue weighted by molar-refractivity contribution is 8.00. The van der Waals surface area contributed by atoms with Gasteiger partial charge in [0.1, 0.15) is 19.0 Å². The molecule has 1 N–H and O–H groups in total. The average molecular weight is 724 g/mol. The number of ether oxygens (including phenoxy) is 4. The fourth-order valence-corrected chi connectivity index (χ4v) is 8.10. The average Bonchev–Trinajstić information content (AvgIpc) is 3.73. The Morgan fingerprint density at radius 3 is 2.59 bits per heavy atom. The monoisotopic (exact) mass is 723 g/mol. The van der Waals surface area contributed by atoms with E-state index in [1.807, 2.05) is 25.1 Å². The lowest BCUT2D eigenvalue weighted by molar-refractivity contribution is -0.132. The van der Waals surface area contributed by atoms with E-state index in [0.717, 1.165) is 35.6 Å². The lowest BCUT2D eigenvalue weighted by atomic mass is 9.95. The number of thioether (sulfide) groups is 1. The van der Waals surface area contributed by atoms with Crippen LogP contribution in [0.15, 0.2) is 88.8 Å². The second-order valence-corrected chi connectivity index (χ2v) is 14.2. The zero-order valence-corrected chi connectivity index (χ0v) is 29.9. The third-order valence-corrected chi connectivity index (χ3v) is 10.8. The molecule has 1 amide bonds. The maximum absolute atomic E-state index is 13.9. The second-order valence-electron chi connectivity index (χ2n) is 12.0. The molecular formula is C39H37N3O7S2. The Kier molecular flexibility index (Phi) is 10.4. The molecule has 1 fully saturated rings. The van der Waals surface area contributed by atoms with Crippen molar-refractivity contribution >= 4 is 56.5 Å². The highest BCUT2D eigenvalue weighted by Gasteiger charge is 2.48. The molecule has 0 bridgehead atoms. The Morgan fingerprint density at radius 2 is 1.75 bits per heavy atom. The third-order valence-electron chi connectivity index (χ3n) is 8.68. The topological polar surface area (TPSA) is 120 Å². The first kappa shape index (κ1) is 34.4. The molecule has 2 aliphatic rings. The van der Waals surface area contributed by atoms with Crippen LogP contribution in [0.2, 0.25) is 0 Å². The van der Waals surface area contributed by atoms with Crippen molar-refractivity contribution in [3.05, 3.63) is 101 Å². The first-order valence-corrected chi connectivity index (χ1v) is 18.8. The highest BCUT2D eigenvalue weighted by atomic mass is 32.2. The SMILES string of the molecule is CCCCCOc1ccc([C@H]2C(=C(O)c3ccc4c(c3)OCCO4)C(=O)C(=O)N2c2nnc(SCc3cccc4ccccc34)s2)cc1OCC. The summed E-state index contributed by atoms with van der Waals surface area (Å²) < 4.78 is 24.1. The van der Waals surface area contributed by atoms with E-state index in [9.17, 15) is 14.7 Å². The van der Waals surface area contributed by atoms with Crippen LogP contribution >= 0.6 is 23.1 Å². The molecule has 1 saturated heterocycles. The van der Waals surface area contributed by atoms with Crippen LogP contribution in [0, 0.1) is 0 Å². The van der Waals surface area contributed by atoms with E-state index in [0.29, 0.717) is 70.6 Å². The zero-order valence-electron chi connectivity index (χ0n) is 28.3. The minimum atomic E-state index is -1.03. The molecule has 0 spiro atoms. The largest absolute Gasteiger partial charge is 0.507 e. The van der Waals surface area contributed by atoms with Crippen LogP contribution < -0.4 is 23.8 Å². The Morgan fingerprint density at radius 1 is 0.922 bits per heavy atom. The lowest BCUT2D eigenvalue weighted by Crippen LogP contribution is -2.29. The predicted molar refractivity (Wildman–Crippen MR) is 198 cm³/mol. The number of aliphatic hydroxyl groups is 1. The fraction of sp³-hybridized carbons (Fsp3) is 0.282. The first-order valence-electron chi connectivity index (χ1n) is 17.0. The van der Waals surface area contributed by atoms with Crippen molar-refractivity contribution in [3.63, 3.8) is 0 Å². The summed E-state index contributed by atoms with van der Waals surface area (Å²) in [5.74, 6) is 0.641. The van der Waals surface area contributed by atoms with Crippen molar-refractivity contribution in [3.8, 4) is 23.0 Å². The molecule has 5 aromatic rings. The van der Waals surface area contributed by atoms with Gasteiger partial charge in [-0.15, -0.1) is 10.2 Å². The van der Waals surface area contributed by atoms with Gasteiger partial charge in [-0.3, -0.25) is 14.5 Å². The number of aliphatic hydroxyl groups excluding tert-OH is 1. The smallest absolute Gasteiger partial charge is 0.301 e. The molecular weight excluding hydrogens is 687 g/mol. The molecule has 51 heavy (non-hydrogen) atoms. The van der Waals surface area contributed by atoms with Gasteiger partial charge in [0.15, 0.2) is 27.3 Å². The minimum Gasteiger partial charge on any atom is -0.507 e. The summed E-state index contributed by atoms with van der Waals surface area (Å²) in [6.07, 6.45) is 3.01. The van der Waals surface area contributed by atoms with E-state index in [2.05, 4.69) is 41.4 Å². The number of hydrogen-bond acceptors (Lipinski definition) is 11. The van der Waals surface area contributed by atoms with Crippen LogP contribution in [0.1, 0.15) is 55.8 Å². The Labute approximate surface area is 304 Å². The number of carbonyl (C=O) groups excluding carboxylic acids is 2. The number of Topliss-reactive ketones (excluding diaryl/α,β-unsaturated/α-hetero) is 1. The van der Waals surface area contributed by atoms with Crippen LogP contribution in [0.4, 0.5) is 5.13 Å². The number of ketones is 1. The summed E-state index contributed by atoms with van der Waals surface area (Å²) in [6.45, 7) is 5.67. The molecule has 0 unspecified atom stereocenters. The standard InChI is InChI=1S/C39H37N3O7S2/c1-3-5-8-18-47-29-16-14-25(21-31(29)46-4-2)34-33(35(43)26-15-17-30-32(22-26)49-20-19-48-30)36(44)37(45)42(34)38-40-41-39(51-38)50-23-27-12-9-11-24-10-6-7-13-28(24)27/h6-7,9-17,21-22,34,43H,3-5,8,18-20,23H2,1-2H3/t34-/m0/s1. The van der Waals surface area contributed by atoms with Gasteiger partial charge in [0.2, 0.25) is 5.13 Å². The predicted octanol–water partition coefficient (Wildman–Crippen LogP) is 8.35. The van der Waals surface area contributed by atoms with E-state index in [1.165, 1.54) is 28.0 Å². The van der Waals surface area contributed by atoms with Gasteiger partial charge >= 0.3 is 5.91 Å². The maximum Gasteiger partial charge on any atom is 0.301 e. The van der Waals surface area contributed by atoms with Gasteiger partial charge in [0.05, 0.1) is 24.8 Å². The molecule has 12 heteroatoms. The summed E-state index contributed by atoms with van der Waals surface area (Å²) in [5, 5.41) is 23.1. The van der Waals surface area contributed by atoms with Gasteiger partial charge in [0, 0.05) is 11.3 Å². The molecule has 1 atom stereocenters. The van der Waals surface area contributed by atoms with E-state index in [1.54, 1.807) is 36.4 Å². The van der Waals surface area contributed by atoms with Gasteiger partial charge in [-0.25, -0.2) is 0 Å². The molecule has 262 valence electrons. The third kappa shape index (κ3) is 7.11. The number of rotatable bonds is 13. The molecule has 4 aromatic carbocycles. The number of aromatic nitrogens is 2. The van der Waals surface area contributed by atoms with Crippen molar-refractivity contribution in [2.24, 2.45) is 0 Å². The molecule has 2 aliphatic heterocycles. The number of amides is 1. The van der Waals surface area contributed by atoms with Gasteiger partial charge in [-0.2, -0.15) is 0 Å². The molecule has 0 saturated carbocycles. The van der Waals surface area contributed by atoms with Crippen molar-refractivity contribution in [2.45, 2.75) is 49.2 Å². The molecule has 0 radical (unpaired) electrons. The Bertz CT molecular complexity index is 2110. The number of anilines is 1. The van der Waals surface area contributed by atoms with Gasteiger partial charge < -0.3 is 24.1 Å². The van der Waals surface area contributed by atoms with Gasteiger partial charge in [-0.05, 0) is 65.6 Å². The summed E-state index contributed by atoms with van der Waals surface area (Å²) >= 11 is 2.72. The molecule has 0 aliphatic carbocycles. The number of fused-ring (bicyclic) bond motifs is 2. The van der Waals surface area contributed by atoms with Crippen molar-refractivity contribution in [1.29, 1.82) is 0 Å². The second kappa shape index (κ2) is 15.4. The van der Waals surface area contributed by atoms with Crippen LogP contribution in [0.3, 0.4) is 0 Å². The quantitative estimate of drug-likeness (QED) is 0.0317. The van der Waals surface area contributed by atoms with Gasteiger partial charge in [-0.1, -0.05) is 91.4 Å². The van der Waals surface area contributed by atoms with E-state index in [-0.39, 0.29) is 16.5 Å². The van der Waals surface area contributed by atoms with Crippen LogP contribution in [-0.2, 0) is 15.3 Å². The summed E-state index contributed by atoms with van der Waals surface area (Å²) in [7, 11) is 0. The minimum absolute atomic E-state index is 0.0871. The summed E-state index contributed by atoms with van der Waals surface area (Å²) in [5.41, 5.74) is 1.91.